The van der Waals surface area contributed by atoms with Crippen molar-refractivity contribution >= 4 is 23.7 Å². The number of alkyl carbamates (subject to hydrolysis) is 1. The molecule has 9 nitrogen and oxygen atoms in total. The fourth-order valence-corrected chi connectivity index (χ4v) is 4.39. The topological polar surface area (TPSA) is 134 Å². The van der Waals surface area contributed by atoms with Crippen molar-refractivity contribution in [2.45, 2.75) is 51.5 Å². The van der Waals surface area contributed by atoms with Gasteiger partial charge < -0.3 is 25.8 Å². The van der Waals surface area contributed by atoms with Crippen molar-refractivity contribution in [3.63, 3.8) is 0 Å². The lowest BCUT2D eigenvalue weighted by Gasteiger charge is -2.24. The minimum atomic E-state index is -2.43. The van der Waals surface area contributed by atoms with E-state index in [1.807, 2.05) is 5.32 Å². The molecule has 3 atom stereocenters. The van der Waals surface area contributed by atoms with Crippen LogP contribution in [-0.2, 0) is 32.1 Å². The Kier molecular flexibility index (Phi) is 12.7. The summed E-state index contributed by atoms with van der Waals surface area (Å²) in [6.07, 6.45) is -3.41. The minimum Gasteiger partial charge on any atom is -0.445 e. The van der Waals surface area contributed by atoms with Gasteiger partial charge in [0.15, 0.2) is 23.3 Å². The predicted molar refractivity (Wildman–Crippen MR) is 154 cm³/mol. The van der Waals surface area contributed by atoms with E-state index in [1.165, 1.54) is 0 Å². The van der Waals surface area contributed by atoms with Crippen LogP contribution < -0.4 is 16.0 Å². The first-order chi connectivity index (χ1) is 21.8. The average Bonchev–Trinajstić information content (AvgIpc) is 3.04. The zero-order chi connectivity index (χ0) is 34.0. The van der Waals surface area contributed by atoms with E-state index in [4.69, 9.17) is 4.74 Å². The highest BCUT2D eigenvalue weighted by Crippen LogP contribution is 2.27. The second-order valence-corrected chi connectivity index (χ2v) is 10.7. The number of carbonyl (C=O) groups excluding carboxylic acids is 4. The molecule has 0 spiro atoms. The zero-order valence-electron chi connectivity index (χ0n) is 24.8. The lowest BCUT2D eigenvalue weighted by Crippen LogP contribution is -2.55. The first-order valence-electron chi connectivity index (χ1n) is 14.1. The summed E-state index contributed by atoms with van der Waals surface area (Å²) in [5, 5.41) is 17.0. The predicted octanol–water partition coefficient (Wildman–Crippen LogP) is 4.17. The van der Waals surface area contributed by atoms with Gasteiger partial charge in [0.2, 0.25) is 17.5 Å². The van der Waals surface area contributed by atoms with Gasteiger partial charge in [0, 0.05) is 13.0 Å². The lowest BCUT2D eigenvalue weighted by molar-refractivity contribution is -0.140. The van der Waals surface area contributed by atoms with E-state index in [9.17, 15) is 46.2 Å². The molecule has 3 rings (SSSR count). The summed E-state index contributed by atoms with van der Waals surface area (Å²) in [6.45, 7) is 2.38. The van der Waals surface area contributed by atoms with Crippen molar-refractivity contribution in [1.29, 1.82) is 0 Å². The number of hydrogen-bond donors (Lipinski definition) is 4. The van der Waals surface area contributed by atoms with Gasteiger partial charge in [-0.15, -0.1) is 0 Å². The number of carbonyl (C=O) groups is 4. The Bertz CT molecular complexity index is 1510. The summed E-state index contributed by atoms with van der Waals surface area (Å²) in [7, 11) is 0. The second kappa shape index (κ2) is 16.5. The van der Waals surface area contributed by atoms with E-state index in [2.05, 4.69) is 10.6 Å². The summed E-state index contributed by atoms with van der Waals surface area (Å²) >= 11 is 0. The van der Waals surface area contributed by atoms with E-state index in [0.29, 0.717) is 11.1 Å². The molecule has 0 fully saturated rings. The van der Waals surface area contributed by atoms with Crippen LogP contribution >= 0.6 is 0 Å². The number of rotatable bonds is 14. The molecule has 0 heterocycles. The Morgan fingerprint density at radius 3 is 1.80 bits per heavy atom. The molecule has 0 saturated carbocycles. The highest BCUT2D eigenvalue weighted by atomic mass is 19.2. The zero-order valence-corrected chi connectivity index (χ0v) is 24.8. The molecule has 0 bridgehead atoms. The number of nitrogens with one attached hydrogen (secondary N) is 3. The molecule has 0 aromatic heterocycles. The molecule has 0 saturated heterocycles. The first-order valence-corrected chi connectivity index (χ1v) is 14.1. The molecule has 3 amide bonds. The third kappa shape index (κ3) is 9.57. The van der Waals surface area contributed by atoms with Crippen molar-refractivity contribution in [2.75, 3.05) is 6.54 Å². The van der Waals surface area contributed by atoms with E-state index in [-0.39, 0.29) is 25.4 Å². The number of benzene rings is 3. The van der Waals surface area contributed by atoms with Crippen LogP contribution in [0.5, 0.6) is 0 Å². The summed E-state index contributed by atoms with van der Waals surface area (Å²) in [6, 6.07) is 14.3. The number of aliphatic hydroxyl groups is 1. The summed E-state index contributed by atoms with van der Waals surface area (Å²) in [4.78, 5) is 51.9. The van der Waals surface area contributed by atoms with Crippen molar-refractivity contribution in [3.05, 3.63) is 106 Å². The van der Waals surface area contributed by atoms with Crippen molar-refractivity contribution < 1.29 is 51.0 Å². The summed E-state index contributed by atoms with van der Waals surface area (Å²) < 4.78 is 73.9. The van der Waals surface area contributed by atoms with Crippen LogP contribution in [0.1, 0.15) is 43.1 Å². The Morgan fingerprint density at radius 2 is 1.26 bits per heavy atom. The fourth-order valence-electron chi connectivity index (χ4n) is 4.39. The standard InChI is InChI=1S/C32H32F5N3O6/c1-17(2)13-21(40-32(45)46-16-19-11-7-4-8-12-19)30(43)39-20(14-18-9-5-3-6-10-18)29(42)31(44)38-15-22(41)23-24(33)26(35)28(37)27(36)25(23)34/h3-12,17,20-22,41H,13-16H2,1-2H3,(H,38,44)(H,39,43)(H,40,45)/t20-,21-,22?/m0/s1. The molecule has 246 valence electrons. The van der Waals surface area contributed by atoms with Crippen LogP contribution in [0.25, 0.3) is 0 Å². The number of Topliss-reactive ketones (excluding diaryl/α,β-unsaturated/α-hetero) is 1. The highest BCUT2D eigenvalue weighted by molar-refractivity contribution is 6.38. The van der Waals surface area contributed by atoms with Gasteiger partial charge >= 0.3 is 6.09 Å². The maximum absolute atomic E-state index is 14.1. The second-order valence-electron chi connectivity index (χ2n) is 10.7. The van der Waals surface area contributed by atoms with E-state index in [0.717, 1.165) is 0 Å². The summed E-state index contributed by atoms with van der Waals surface area (Å²) in [5.41, 5.74) is -0.376. The van der Waals surface area contributed by atoms with Crippen LogP contribution in [0.3, 0.4) is 0 Å². The highest BCUT2D eigenvalue weighted by Gasteiger charge is 2.33. The van der Waals surface area contributed by atoms with Gasteiger partial charge in [-0.3, -0.25) is 14.4 Å². The molecule has 3 aromatic rings. The molecule has 1 unspecified atom stereocenters. The minimum absolute atomic E-state index is 0.0746. The van der Waals surface area contributed by atoms with Gasteiger partial charge in [-0.05, 0) is 23.5 Å². The van der Waals surface area contributed by atoms with Crippen LogP contribution in [0, 0.1) is 35.0 Å². The van der Waals surface area contributed by atoms with Crippen molar-refractivity contribution in [1.82, 2.24) is 16.0 Å². The van der Waals surface area contributed by atoms with Crippen LogP contribution in [-0.4, -0.2) is 47.4 Å². The third-order valence-electron chi connectivity index (χ3n) is 6.70. The van der Waals surface area contributed by atoms with E-state index < -0.39 is 83.1 Å². The van der Waals surface area contributed by atoms with E-state index in [1.54, 1.807) is 74.5 Å². The molecule has 3 aromatic carbocycles. The monoisotopic (exact) mass is 649 g/mol. The van der Waals surface area contributed by atoms with Gasteiger partial charge in [-0.2, -0.15) is 0 Å². The average molecular weight is 650 g/mol. The molecule has 0 radical (unpaired) electrons. The Labute approximate surface area is 261 Å². The first kappa shape index (κ1) is 35.6. The number of aliphatic hydroxyl groups excluding tert-OH is 1. The molecular weight excluding hydrogens is 617 g/mol. The van der Waals surface area contributed by atoms with E-state index >= 15 is 0 Å². The maximum Gasteiger partial charge on any atom is 0.408 e. The molecule has 4 N–H and O–H groups in total. The molecular formula is C32H32F5N3O6. The van der Waals surface area contributed by atoms with Crippen LogP contribution in [0.2, 0.25) is 0 Å². The normalized spacial score (nSPS) is 13.0. The van der Waals surface area contributed by atoms with Crippen LogP contribution in [0.15, 0.2) is 60.7 Å². The molecule has 0 aliphatic carbocycles. The largest absolute Gasteiger partial charge is 0.445 e. The maximum atomic E-state index is 14.1. The molecule has 0 aliphatic rings. The molecule has 46 heavy (non-hydrogen) atoms. The van der Waals surface area contributed by atoms with Gasteiger partial charge in [0.1, 0.15) is 24.8 Å². The Morgan fingerprint density at radius 1 is 0.739 bits per heavy atom. The third-order valence-corrected chi connectivity index (χ3v) is 6.70. The lowest BCUT2D eigenvalue weighted by atomic mass is 9.99. The van der Waals surface area contributed by atoms with Gasteiger partial charge in [-0.1, -0.05) is 74.5 Å². The SMILES string of the molecule is CC(C)C[C@H](NC(=O)OCc1ccccc1)C(=O)N[C@@H](Cc1ccccc1)C(=O)C(=O)NCC(O)c1c(F)c(F)c(F)c(F)c1F. The number of ether oxygens (including phenoxy) is 1. The quantitative estimate of drug-likeness (QED) is 0.0897. The van der Waals surface area contributed by atoms with Crippen LogP contribution in [0.4, 0.5) is 26.7 Å². The molecule has 14 heteroatoms. The Hall–Kier alpha value is -4.85. The number of ketones is 1. The number of hydrogen-bond acceptors (Lipinski definition) is 6. The molecule has 0 aliphatic heterocycles. The van der Waals surface area contributed by atoms with Gasteiger partial charge in [-0.25, -0.2) is 26.7 Å². The Balaban J connectivity index is 1.74. The fraction of sp³-hybridized carbons (Fsp3) is 0.312. The van der Waals surface area contributed by atoms with Gasteiger partial charge in [0.25, 0.3) is 5.91 Å². The number of amides is 3. The van der Waals surface area contributed by atoms with Gasteiger partial charge in [0.05, 0.1) is 5.56 Å². The van der Waals surface area contributed by atoms with Crippen molar-refractivity contribution in [2.24, 2.45) is 5.92 Å². The number of halogens is 5. The van der Waals surface area contributed by atoms with Crippen molar-refractivity contribution in [3.8, 4) is 0 Å². The summed E-state index contributed by atoms with van der Waals surface area (Å²) in [5.74, 6) is -15.2. The smallest absolute Gasteiger partial charge is 0.408 e.